The molecule has 2 aliphatic carbocycles. The number of carbonyl (C=O) groups is 1. The van der Waals surface area contributed by atoms with E-state index in [-0.39, 0.29) is 5.92 Å². The Morgan fingerprint density at radius 1 is 1.00 bits per heavy atom. The minimum atomic E-state index is 0.280. The Bertz CT molecular complexity index is 656. The second-order valence-electron chi connectivity index (χ2n) is 6.82. The monoisotopic (exact) mass is 298 g/mol. The predicted molar refractivity (Wildman–Crippen MR) is 88.9 cm³/mol. The zero-order valence-electron chi connectivity index (χ0n) is 12.4. The zero-order chi connectivity index (χ0) is 14.2. The van der Waals surface area contributed by atoms with Crippen LogP contribution in [0.25, 0.3) is 10.1 Å². The lowest BCUT2D eigenvalue weighted by atomic mass is 9.66. The van der Waals surface area contributed by atoms with Gasteiger partial charge < -0.3 is 0 Å². The number of thiophene rings is 1. The van der Waals surface area contributed by atoms with E-state index in [2.05, 4.69) is 23.6 Å². The van der Waals surface area contributed by atoms with E-state index in [9.17, 15) is 4.79 Å². The molecule has 1 aromatic carbocycles. The van der Waals surface area contributed by atoms with Gasteiger partial charge in [0.25, 0.3) is 0 Å². The van der Waals surface area contributed by atoms with Crippen LogP contribution in [0.15, 0.2) is 29.6 Å². The molecule has 2 heteroatoms. The summed E-state index contributed by atoms with van der Waals surface area (Å²) in [5.41, 5.74) is 0.981. The fourth-order valence-electron chi connectivity index (χ4n) is 4.50. The average Bonchev–Trinajstić information content (AvgIpc) is 2.98. The van der Waals surface area contributed by atoms with Crippen molar-refractivity contribution in [1.82, 2.24) is 0 Å². The Morgan fingerprint density at radius 2 is 1.81 bits per heavy atom. The van der Waals surface area contributed by atoms with Crippen molar-refractivity contribution in [3.63, 3.8) is 0 Å². The van der Waals surface area contributed by atoms with Crippen LogP contribution in [0.1, 0.15) is 55.3 Å². The van der Waals surface area contributed by atoms with Crippen molar-refractivity contribution in [2.45, 2.75) is 44.9 Å². The van der Waals surface area contributed by atoms with Crippen LogP contribution in [-0.4, -0.2) is 5.78 Å². The number of fused-ring (bicyclic) bond motifs is 2. The molecule has 0 N–H and O–H groups in total. The SMILES string of the molecule is O=C(c1csc2ccccc12)C1CCC2CCCCC2C1. The van der Waals surface area contributed by atoms with E-state index in [0.717, 1.165) is 30.2 Å². The number of ketones is 1. The highest BCUT2D eigenvalue weighted by atomic mass is 32.1. The molecule has 2 saturated carbocycles. The molecule has 0 saturated heterocycles. The van der Waals surface area contributed by atoms with E-state index in [1.165, 1.54) is 42.2 Å². The molecule has 1 heterocycles. The highest BCUT2D eigenvalue weighted by molar-refractivity contribution is 7.17. The maximum Gasteiger partial charge on any atom is 0.167 e. The van der Waals surface area contributed by atoms with Crippen molar-refractivity contribution in [2.24, 2.45) is 17.8 Å². The first kappa shape index (κ1) is 13.5. The van der Waals surface area contributed by atoms with Gasteiger partial charge in [-0.1, -0.05) is 43.9 Å². The van der Waals surface area contributed by atoms with Gasteiger partial charge in [0.15, 0.2) is 5.78 Å². The molecule has 21 heavy (non-hydrogen) atoms. The first-order valence-corrected chi connectivity index (χ1v) is 9.21. The fraction of sp³-hybridized carbons (Fsp3) is 0.526. The van der Waals surface area contributed by atoms with Gasteiger partial charge in [0.05, 0.1) is 0 Å². The summed E-state index contributed by atoms with van der Waals surface area (Å²) in [6, 6.07) is 8.32. The second-order valence-corrected chi connectivity index (χ2v) is 7.74. The number of carbonyl (C=O) groups excluding carboxylic acids is 1. The van der Waals surface area contributed by atoms with Gasteiger partial charge >= 0.3 is 0 Å². The molecule has 110 valence electrons. The van der Waals surface area contributed by atoms with Crippen molar-refractivity contribution in [3.8, 4) is 0 Å². The summed E-state index contributed by atoms with van der Waals surface area (Å²) in [5, 5.41) is 3.25. The summed E-state index contributed by atoms with van der Waals surface area (Å²) in [4.78, 5) is 13.0. The van der Waals surface area contributed by atoms with Gasteiger partial charge in [-0.15, -0.1) is 11.3 Å². The third-order valence-corrected chi connectivity index (χ3v) is 6.62. The fourth-order valence-corrected chi connectivity index (χ4v) is 5.45. The standard InChI is InChI=1S/C19H22OS/c20-19(17-12-21-18-8-4-3-7-16(17)18)15-10-9-13-5-1-2-6-14(13)11-15/h3-4,7-8,12-15H,1-2,5-6,9-11H2. The Kier molecular flexibility index (Phi) is 3.58. The minimum Gasteiger partial charge on any atom is -0.294 e. The van der Waals surface area contributed by atoms with Crippen LogP contribution in [0.4, 0.5) is 0 Å². The first-order valence-electron chi connectivity index (χ1n) is 8.33. The summed E-state index contributed by atoms with van der Waals surface area (Å²) in [6.45, 7) is 0. The van der Waals surface area contributed by atoms with Gasteiger partial charge in [-0.2, -0.15) is 0 Å². The van der Waals surface area contributed by atoms with Crippen LogP contribution < -0.4 is 0 Å². The number of Topliss-reactive ketones (excluding diaryl/α,β-unsaturated/α-hetero) is 1. The van der Waals surface area contributed by atoms with Crippen LogP contribution in [0, 0.1) is 17.8 Å². The Hall–Kier alpha value is -1.15. The van der Waals surface area contributed by atoms with Crippen molar-refractivity contribution in [3.05, 3.63) is 35.2 Å². The first-order chi connectivity index (χ1) is 10.3. The van der Waals surface area contributed by atoms with Crippen molar-refractivity contribution in [1.29, 1.82) is 0 Å². The van der Waals surface area contributed by atoms with Crippen LogP contribution >= 0.6 is 11.3 Å². The maximum absolute atomic E-state index is 13.0. The van der Waals surface area contributed by atoms with Crippen LogP contribution in [0.5, 0.6) is 0 Å². The third-order valence-electron chi connectivity index (χ3n) is 5.66. The van der Waals surface area contributed by atoms with Crippen LogP contribution in [-0.2, 0) is 0 Å². The predicted octanol–water partition coefficient (Wildman–Crippen LogP) is 5.69. The molecule has 0 amide bonds. The van der Waals surface area contributed by atoms with Gasteiger partial charge in [0.1, 0.15) is 0 Å². The molecule has 1 nitrogen and oxygen atoms in total. The average molecular weight is 298 g/mol. The normalized spacial score (nSPS) is 29.2. The molecule has 2 aromatic rings. The van der Waals surface area contributed by atoms with Gasteiger partial charge in [0, 0.05) is 26.9 Å². The molecular weight excluding hydrogens is 276 g/mol. The number of hydrogen-bond acceptors (Lipinski definition) is 2. The third kappa shape index (κ3) is 2.44. The van der Waals surface area contributed by atoms with E-state index in [1.54, 1.807) is 11.3 Å². The molecule has 3 atom stereocenters. The Morgan fingerprint density at radius 3 is 2.71 bits per heavy atom. The quantitative estimate of drug-likeness (QED) is 0.651. The van der Waals surface area contributed by atoms with Gasteiger partial charge in [-0.25, -0.2) is 0 Å². The summed E-state index contributed by atoms with van der Waals surface area (Å²) in [6.07, 6.45) is 9.10. The molecule has 1 aromatic heterocycles. The van der Waals surface area contributed by atoms with Crippen LogP contribution in [0.2, 0.25) is 0 Å². The van der Waals surface area contributed by atoms with Crippen LogP contribution in [0.3, 0.4) is 0 Å². The van der Waals surface area contributed by atoms with Crippen molar-refractivity contribution in [2.75, 3.05) is 0 Å². The second kappa shape index (κ2) is 5.57. The molecular formula is C19H22OS. The van der Waals surface area contributed by atoms with E-state index in [1.807, 2.05) is 6.07 Å². The minimum absolute atomic E-state index is 0.280. The topological polar surface area (TPSA) is 17.1 Å². The Balaban J connectivity index is 1.57. The lowest BCUT2D eigenvalue weighted by molar-refractivity contribution is 0.0765. The highest BCUT2D eigenvalue weighted by Crippen LogP contribution is 2.44. The van der Waals surface area contributed by atoms with Crippen molar-refractivity contribution >= 4 is 27.2 Å². The molecule has 0 aliphatic heterocycles. The summed E-state index contributed by atoms with van der Waals surface area (Å²) in [5.74, 6) is 2.44. The summed E-state index contributed by atoms with van der Waals surface area (Å²) >= 11 is 1.71. The number of rotatable bonds is 2. The van der Waals surface area contributed by atoms with Gasteiger partial charge in [-0.05, 0) is 37.2 Å². The molecule has 2 aliphatic rings. The maximum atomic E-state index is 13.0. The van der Waals surface area contributed by atoms with E-state index in [4.69, 9.17) is 0 Å². The van der Waals surface area contributed by atoms with Gasteiger partial charge in [-0.3, -0.25) is 4.79 Å². The Labute approximate surface area is 130 Å². The van der Waals surface area contributed by atoms with E-state index in [0.29, 0.717) is 5.78 Å². The molecule has 3 unspecified atom stereocenters. The van der Waals surface area contributed by atoms with Crippen molar-refractivity contribution < 1.29 is 4.79 Å². The van der Waals surface area contributed by atoms with E-state index >= 15 is 0 Å². The molecule has 4 rings (SSSR count). The largest absolute Gasteiger partial charge is 0.294 e. The number of benzene rings is 1. The lowest BCUT2D eigenvalue weighted by Crippen LogP contribution is -2.31. The van der Waals surface area contributed by atoms with Gasteiger partial charge in [0.2, 0.25) is 0 Å². The molecule has 2 fully saturated rings. The number of hydrogen-bond donors (Lipinski definition) is 0. The molecule has 0 bridgehead atoms. The zero-order valence-corrected chi connectivity index (χ0v) is 13.2. The molecule has 0 radical (unpaired) electrons. The summed E-state index contributed by atoms with van der Waals surface area (Å²) < 4.78 is 1.24. The lowest BCUT2D eigenvalue weighted by Gasteiger charge is -2.38. The smallest absolute Gasteiger partial charge is 0.167 e. The van der Waals surface area contributed by atoms with E-state index < -0.39 is 0 Å². The molecule has 0 spiro atoms. The highest BCUT2D eigenvalue weighted by Gasteiger charge is 2.35. The summed E-state index contributed by atoms with van der Waals surface area (Å²) in [7, 11) is 0.